The van der Waals surface area contributed by atoms with Crippen molar-refractivity contribution in [3.05, 3.63) is 41.6 Å². The van der Waals surface area contributed by atoms with Gasteiger partial charge in [-0.15, -0.1) is 0 Å². The Hall–Kier alpha value is -2.14. The van der Waals surface area contributed by atoms with Crippen LogP contribution in [0.2, 0.25) is 0 Å². The van der Waals surface area contributed by atoms with E-state index >= 15 is 0 Å². The fourth-order valence-corrected chi connectivity index (χ4v) is 4.18. The zero-order chi connectivity index (χ0) is 18.0. The summed E-state index contributed by atoms with van der Waals surface area (Å²) in [7, 11) is 0. The number of H-pyrrole nitrogens is 1. The van der Waals surface area contributed by atoms with Crippen LogP contribution in [-0.4, -0.2) is 46.3 Å². The van der Waals surface area contributed by atoms with Crippen LogP contribution in [0.15, 0.2) is 30.3 Å². The fourth-order valence-electron chi connectivity index (χ4n) is 4.18. The van der Waals surface area contributed by atoms with Gasteiger partial charge in [0.05, 0.1) is 11.3 Å². The minimum atomic E-state index is 0.0230. The molecular weight excluding hydrogens is 326 g/mol. The van der Waals surface area contributed by atoms with Crippen LogP contribution in [0, 0.1) is 0 Å². The molecule has 1 spiro atoms. The van der Waals surface area contributed by atoms with Crippen LogP contribution in [0.5, 0.6) is 0 Å². The summed E-state index contributed by atoms with van der Waals surface area (Å²) in [5.41, 5.74) is 3.75. The maximum absolute atomic E-state index is 12.9. The molecule has 1 aromatic carbocycles. The number of likely N-dealkylation sites (tertiary alicyclic amines) is 1. The van der Waals surface area contributed by atoms with Gasteiger partial charge in [0.25, 0.3) is 5.91 Å². The molecule has 1 N–H and O–H groups in total. The second kappa shape index (κ2) is 7.23. The van der Waals surface area contributed by atoms with Crippen molar-refractivity contribution in [1.29, 1.82) is 0 Å². The molecule has 5 heteroatoms. The lowest BCUT2D eigenvalue weighted by Gasteiger charge is -2.26. The summed E-state index contributed by atoms with van der Waals surface area (Å²) in [4.78, 5) is 14.9. The molecule has 1 amide bonds. The molecule has 0 radical (unpaired) electrons. The average molecular weight is 353 g/mol. The van der Waals surface area contributed by atoms with E-state index in [0.717, 1.165) is 69.5 Å². The van der Waals surface area contributed by atoms with E-state index in [-0.39, 0.29) is 11.5 Å². The zero-order valence-electron chi connectivity index (χ0n) is 15.5. The Morgan fingerprint density at radius 3 is 2.73 bits per heavy atom. The Balaban J connectivity index is 1.45. The Kier molecular flexibility index (Phi) is 4.81. The molecule has 5 nitrogen and oxygen atoms in total. The number of aromatic nitrogens is 2. The van der Waals surface area contributed by atoms with Gasteiger partial charge >= 0.3 is 0 Å². The molecule has 4 rings (SSSR count). The van der Waals surface area contributed by atoms with Crippen molar-refractivity contribution in [2.45, 2.75) is 51.0 Å². The summed E-state index contributed by atoms with van der Waals surface area (Å²) >= 11 is 0. The van der Waals surface area contributed by atoms with Crippen LogP contribution in [0.4, 0.5) is 0 Å². The van der Waals surface area contributed by atoms with Crippen molar-refractivity contribution in [1.82, 2.24) is 15.1 Å². The van der Waals surface area contributed by atoms with Crippen LogP contribution < -0.4 is 0 Å². The maximum atomic E-state index is 12.9. The van der Waals surface area contributed by atoms with Crippen molar-refractivity contribution in [3.63, 3.8) is 0 Å². The van der Waals surface area contributed by atoms with Crippen LogP contribution in [-0.2, 0) is 11.2 Å². The molecule has 0 saturated carbocycles. The van der Waals surface area contributed by atoms with Crippen molar-refractivity contribution in [3.8, 4) is 11.3 Å². The van der Waals surface area contributed by atoms with E-state index in [0.29, 0.717) is 5.69 Å². The number of carbonyl (C=O) groups excluding carboxylic acids is 1. The molecule has 2 aliphatic rings. The highest BCUT2D eigenvalue weighted by Gasteiger charge is 2.37. The molecule has 0 aliphatic carbocycles. The number of ether oxygens (including phenoxy) is 1. The van der Waals surface area contributed by atoms with Crippen LogP contribution >= 0.6 is 0 Å². The Labute approximate surface area is 154 Å². The van der Waals surface area contributed by atoms with Crippen LogP contribution in [0.25, 0.3) is 11.3 Å². The molecule has 3 heterocycles. The molecule has 2 saturated heterocycles. The predicted octanol–water partition coefficient (Wildman–Crippen LogP) is 3.81. The number of nitrogens with one attached hydrogen (secondary N) is 1. The summed E-state index contributed by atoms with van der Waals surface area (Å²) in [5, 5.41) is 7.29. The Morgan fingerprint density at radius 2 is 2.00 bits per heavy atom. The number of aromatic amines is 1. The highest BCUT2D eigenvalue weighted by molar-refractivity contribution is 5.93. The monoisotopic (exact) mass is 353 g/mol. The first-order chi connectivity index (χ1) is 12.7. The summed E-state index contributed by atoms with van der Waals surface area (Å²) in [6.45, 7) is 4.57. The van der Waals surface area contributed by atoms with Gasteiger partial charge in [0.2, 0.25) is 0 Å². The highest BCUT2D eigenvalue weighted by atomic mass is 16.5. The number of nitrogens with zero attached hydrogens (tertiary/aromatic N) is 2. The first-order valence-electron chi connectivity index (χ1n) is 9.77. The van der Waals surface area contributed by atoms with Crippen LogP contribution in [0.1, 0.15) is 55.1 Å². The Bertz CT molecular complexity index is 760. The number of carbonyl (C=O) groups is 1. The van der Waals surface area contributed by atoms with Gasteiger partial charge in [-0.2, -0.15) is 5.10 Å². The lowest BCUT2D eigenvalue weighted by Crippen LogP contribution is -2.34. The van der Waals surface area contributed by atoms with E-state index in [2.05, 4.69) is 41.4 Å². The zero-order valence-corrected chi connectivity index (χ0v) is 15.5. The summed E-state index contributed by atoms with van der Waals surface area (Å²) in [5.74, 6) is 0.0453. The smallest absolute Gasteiger partial charge is 0.271 e. The molecular formula is C21H27N3O2. The van der Waals surface area contributed by atoms with E-state index in [9.17, 15) is 4.79 Å². The van der Waals surface area contributed by atoms with E-state index in [4.69, 9.17) is 4.74 Å². The van der Waals surface area contributed by atoms with Crippen molar-refractivity contribution < 1.29 is 9.53 Å². The number of amides is 1. The van der Waals surface area contributed by atoms with Gasteiger partial charge in [-0.1, -0.05) is 31.2 Å². The second-order valence-corrected chi connectivity index (χ2v) is 7.50. The first-order valence-corrected chi connectivity index (χ1v) is 9.77. The van der Waals surface area contributed by atoms with E-state index in [1.807, 2.05) is 11.0 Å². The van der Waals surface area contributed by atoms with Crippen molar-refractivity contribution >= 4 is 5.91 Å². The summed E-state index contributed by atoms with van der Waals surface area (Å²) in [6.07, 6.45) is 6.31. The molecule has 0 bridgehead atoms. The molecule has 2 fully saturated rings. The van der Waals surface area contributed by atoms with Gasteiger partial charge in [-0.25, -0.2) is 0 Å². The number of benzene rings is 1. The Morgan fingerprint density at radius 1 is 1.19 bits per heavy atom. The normalized spacial score (nSPS) is 23.3. The van der Waals surface area contributed by atoms with Gasteiger partial charge in [0.1, 0.15) is 5.69 Å². The standard InChI is InChI=1S/C21H27N3O2/c1-2-16-5-7-17(8-6-16)18-15-19(23-22-18)20(25)24-12-3-9-21(11-13-24)10-4-14-26-21/h5-8,15H,2-4,9-14H2,1H3,(H,22,23)/t21-/m0/s1. The number of rotatable bonds is 3. The first kappa shape index (κ1) is 17.3. The van der Waals surface area contributed by atoms with Gasteiger partial charge < -0.3 is 9.64 Å². The fraction of sp³-hybridized carbons (Fsp3) is 0.524. The lowest BCUT2D eigenvalue weighted by molar-refractivity contribution is -0.00693. The minimum absolute atomic E-state index is 0.0230. The third kappa shape index (κ3) is 3.40. The number of hydrogen-bond donors (Lipinski definition) is 1. The predicted molar refractivity (Wildman–Crippen MR) is 101 cm³/mol. The SMILES string of the molecule is CCc1ccc(-c2cc(C(=O)N3CCC[C@]4(CCCO4)CC3)[nH]n2)cc1. The van der Waals surface area contributed by atoms with Crippen molar-refractivity contribution in [2.75, 3.05) is 19.7 Å². The van der Waals surface area contributed by atoms with E-state index in [1.54, 1.807) is 0 Å². The topological polar surface area (TPSA) is 58.2 Å². The highest BCUT2D eigenvalue weighted by Crippen LogP contribution is 2.35. The van der Waals surface area contributed by atoms with Gasteiger partial charge in [0.15, 0.2) is 0 Å². The second-order valence-electron chi connectivity index (χ2n) is 7.50. The van der Waals surface area contributed by atoms with Gasteiger partial charge in [0, 0.05) is 25.3 Å². The van der Waals surface area contributed by atoms with Crippen molar-refractivity contribution in [2.24, 2.45) is 0 Å². The maximum Gasteiger partial charge on any atom is 0.271 e. The number of aryl methyl sites for hydroxylation is 1. The minimum Gasteiger partial charge on any atom is -0.375 e. The van der Waals surface area contributed by atoms with Gasteiger partial charge in [-0.3, -0.25) is 9.89 Å². The van der Waals surface area contributed by atoms with E-state index < -0.39 is 0 Å². The molecule has 1 aromatic heterocycles. The molecule has 26 heavy (non-hydrogen) atoms. The van der Waals surface area contributed by atoms with Gasteiger partial charge in [-0.05, 0) is 50.2 Å². The average Bonchev–Trinajstić information content (AvgIpc) is 3.29. The van der Waals surface area contributed by atoms with E-state index in [1.165, 1.54) is 5.56 Å². The lowest BCUT2D eigenvalue weighted by atomic mass is 9.92. The third-order valence-corrected chi connectivity index (χ3v) is 5.84. The molecule has 1 atom stereocenters. The molecule has 138 valence electrons. The summed E-state index contributed by atoms with van der Waals surface area (Å²) < 4.78 is 6.02. The third-order valence-electron chi connectivity index (χ3n) is 5.84. The summed E-state index contributed by atoms with van der Waals surface area (Å²) in [6, 6.07) is 10.2. The molecule has 2 aliphatic heterocycles. The quantitative estimate of drug-likeness (QED) is 0.913. The largest absolute Gasteiger partial charge is 0.375 e. The molecule has 0 unspecified atom stereocenters. The van der Waals surface area contributed by atoms with Crippen LogP contribution in [0.3, 0.4) is 0 Å². The number of hydrogen-bond acceptors (Lipinski definition) is 3. The molecule has 2 aromatic rings.